The van der Waals surface area contributed by atoms with E-state index in [2.05, 4.69) is 0 Å². The number of aromatic hydroxyl groups is 1. The van der Waals surface area contributed by atoms with Crippen LogP contribution in [0.5, 0.6) is 5.75 Å². The van der Waals surface area contributed by atoms with Crippen LogP contribution in [0.2, 0.25) is 0 Å². The Morgan fingerprint density at radius 2 is 2.16 bits per heavy atom. The first-order valence-electron chi connectivity index (χ1n) is 5.85. The predicted octanol–water partition coefficient (Wildman–Crippen LogP) is 2.91. The van der Waals surface area contributed by atoms with E-state index >= 15 is 0 Å². The first-order chi connectivity index (χ1) is 9.09. The van der Waals surface area contributed by atoms with E-state index < -0.39 is 11.7 Å². The Morgan fingerprint density at radius 3 is 2.79 bits per heavy atom. The van der Waals surface area contributed by atoms with E-state index in [-0.39, 0.29) is 11.3 Å². The number of thiophene rings is 1. The lowest BCUT2D eigenvalue weighted by atomic mass is 10.1. The Balaban J connectivity index is 2.06. The summed E-state index contributed by atoms with van der Waals surface area (Å²) >= 11 is 1.62. The Bertz CT molecular complexity index is 549. The highest BCUT2D eigenvalue weighted by Gasteiger charge is 2.19. The van der Waals surface area contributed by atoms with Gasteiger partial charge in [-0.05, 0) is 30.0 Å². The molecule has 1 amide bonds. The molecule has 0 fully saturated rings. The van der Waals surface area contributed by atoms with Crippen LogP contribution in [0, 0.1) is 5.82 Å². The Hall–Kier alpha value is -1.88. The fraction of sp³-hybridized carbons (Fsp3) is 0.214. The standard InChI is InChI=1S/C14H14FNO2S/c1-16(8-7-10-4-3-9-19-10)14(18)13-11(15)5-2-6-12(13)17/h2-6,9,17H,7-8H2,1H3. The van der Waals surface area contributed by atoms with Gasteiger partial charge in [-0.25, -0.2) is 4.39 Å². The molecule has 2 aromatic rings. The number of carbonyl (C=O) groups excluding carboxylic acids is 1. The minimum atomic E-state index is -0.701. The third-order valence-corrected chi connectivity index (χ3v) is 3.76. The zero-order valence-electron chi connectivity index (χ0n) is 10.5. The second-order valence-corrected chi connectivity index (χ2v) is 5.22. The van der Waals surface area contributed by atoms with Gasteiger partial charge in [0, 0.05) is 18.5 Å². The lowest BCUT2D eigenvalue weighted by molar-refractivity contribution is 0.0789. The molecule has 5 heteroatoms. The molecule has 1 aromatic carbocycles. The molecule has 1 N–H and O–H groups in total. The summed E-state index contributed by atoms with van der Waals surface area (Å²) in [5.74, 6) is -1.53. The first-order valence-corrected chi connectivity index (χ1v) is 6.73. The Morgan fingerprint density at radius 1 is 1.37 bits per heavy atom. The van der Waals surface area contributed by atoms with Crippen LogP contribution >= 0.6 is 11.3 Å². The topological polar surface area (TPSA) is 40.5 Å². The van der Waals surface area contributed by atoms with E-state index in [1.807, 2.05) is 17.5 Å². The van der Waals surface area contributed by atoms with Gasteiger partial charge in [-0.2, -0.15) is 0 Å². The number of carbonyl (C=O) groups is 1. The Kier molecular flexibility index (Phi) is 4.16. The molecule has 0 saturated heterocycles. The molecule has 0 spiro atoms. The van der Waals surface area contributed by atoms with Gasteiger partial charge in [0.1, 0.15) is 17.1 Å². The first kappa shape index (κ1) is 13.5. The second kappa shape index (κ2) is 5.84. The van der Waals surface area contributed by atoms with Crippen LogP contribution in [0.4, 0.5) is 4.39 Å². The molecule has 0 aliphatic heterocycles. The summed E-state index contributed by atoms with van der Waals surface area (Å²) < 4.78 is 13.6. The van der Waals surface area contributed by atoms with Crippen LogP contribution in [0.25, 0.3) is 0 Å². The van der Waals surface area contributed by atoms with Gasteiger partial charge in [-0.3, -0.25) is 4.79 Å². The fourth-order valence-electron chi connectivity index (χ4n) is 1.75. The molecule has 1 aromatic heterocycles. The van der Waals surface area contributed by atoms with Crippen molar-refractivity contribution >= 4 is 17.2 Å². The largest absolute Gasteiger partial charge is 0.507 e. The minimum absolute atomic E-state index is 0.267. The van der Waals surface area contributed by atoms with Gasteiger partial charge in [0.05, 0.1) is 0 Å². The molecule has 0 bridgehead atoms. The van der Waals surface area contributed by atoms with Crippen molar-refractivity contribution in [2.24, 2.45) is 0 Å². The van der Waals surface area contributed by atoms with Gasteiger partial charge >= 0.3 is 0 Å². The van der Waals surface area contributed by atoms with Crippen molar-refractivity contribution in [3.63, 3.8) is 0 Å². The van der Waals surface area contributed by atoms with Crippen molar-refractivity contribution in [1.82, 2.24) is 4.90 Å². The van der Waals surface area contributed by atoms with E-state index in [0.29, 0.717) is 6.54 Å². The SMILES string of the molecule is CN(CCc1cccs1)C(=O)c1c(O)cccc1F. The van der Waals surface area contributed by atoms with Crippen LogP contribution in [-0.4, -0.2) is 29.5 Å². The number of phenols is 1. The highest BCUT2D eigenvalue weighted by Crippen LogP contribution is 2.21. The van der Waals surface area contributed by atoms with Crippen molar-refractivity contribution < 1.29 is 14.3 Å². The fourth-order valence-corrected chi connectivity index (χ4v) is 2.45. The van der Waals surface area contributed by atoms with E-state index in [9.17, 15) is 14.3 Å². The van der Waals surface area contributed by atoms with Crippen LogP contribution in [0.15, 0.2) is 35.7 Å². The maximum absolute atomic E-state index is 13.6. The molecule has 0 aliphatic carbocycles. The highest BCUT2D eigenvalue weighted by molar-refractivity contribution is 7.09. The third kappa shape index (κ3) is 3.12. The molecule has 3 nitrogen and oxygen atoms in total. The van der Waals surface area contributed by atoms with Gasteiger partial charge in [-0.15, -0.1) is 11.3 Å². The summed E-state index contributed by atoms with van der Waals surface area (Å²) in [6.45, 7) is 0.479. The molecule has 1 heterocycles. The van der Waals surface area contributed by atoms with Crippen molar-refractivity contribution in [3.8, 4) is 5.75 Å². The van der Waals surface area contributed by atoms with Crippen molar-refractivity contribution in [3.05, 3.63) is 52.0 Å². The number of hydrogen-bond donors (Lipinski definition) is 1. The van der Waals surface area contributed by atoms with E-state index in [4.69, 9.17) is 0 Å². The number of benzene rings is 1. The van der Waals surface area contributed by atoms with Gasteiger partial charge in [0.2, 0.25) is 0 Å². The number of amides is 1. The smallest absolute Gasteiger partial charge is 0.260 e. The summed E-state index contributed by atoms with van der Waals surface area (Å²) in [6, 6.07) is 7.78. The molecule has 0 unspecified atom stereocenters. The number of likely N-dealkylation sites (N-methyl/N-ethyl adjacent to an activating group) is 1. The van der Waals surface area contributed by atoms with Gasteiger partial charge < -0.3 is 10.0 Å². The summed E-state index contributed by atoms with van der Waals surface area (Å²) in [5.41, 5.74) is -0.267. The van der Waals surface area contributed by atoms with Crippen LogP contribution in [-0.2, 0) is 6.42 Å². The number of hydrogen-bond acceptors (Lipinski definition) is 3. The highest BCUT2D eigenvalue weighted by atomic mass is 32.1. The van der Waals surface area contributed by atoms with Crippen molar-refractivity contribution in [1.29, 1.82) is 0 Å². The summed E-state index contributed by atoms with van der Waals surface area (Å²) in [4.78, 5) is 14.7. The lowest BCUT2D eigenvalue weighted by Gasteiger charge is -2.17. The number of rotatable bonds is 4. The van der Waals surface area contributed by atoms with Crippen LogP contribution < -0.4 is 0 Å². The monoisotopic (exact) mass is 279 g/mol. The summed E-state index contributed by atoms with van der Waals surface area (Å²) in [6.07, 6.45) is 0.717. The van der Waals surface area contributed by atoms with Crippen LogP contribution in [0.3, 0.4) is 0 Å². The van der Waals surface area contributed by atoms with Gasteiger partial charge in [-0.1, -0.05) is 12.1 Å². The normalized spacial score (nSPS) is 10.4. The molecule has 0 saturated carbocycles. The molecule has 0 radical (unpaired) electrons. The van der Waals surface area contributed by atoms with Gasteiger partial charge in [0.25, 0.3) is 5.91 Å². The second-order valence-electron chi connectivity index (χ2n) is 4.19. The number of phenolic OH excluding ortho intramolecular Hbond substituents is 1. The maximum Gasteiger partial charge on any atom is 0.260 e. The summed E-state index contributed by atoms with van der Waals surface area (Å²) in [7, 11) is 1.60. The van der Waals surface area contributed by atoms with Crippen molar-refractivity contribution in [2.75, 3.05) is 13.6 Å². The molecule has 19 heavy (non-hydrogen) atoms. The summed E-state index contributed by atoms with van der Waals surface area (Å²) in [5, 5.41) is 11.5. The minimum Gasteiger partial charge on any atom is -0.507 e. The zero-order chi connectivity index (χ0) is 13.8. The third-order valence-electron chi connectivity index (χ3n) is 2.83. The van der Waals surface area contributed by atoms with E-state index in [0.717, 1.165) is 11.3 Å². The Labute approximate surface area is 114 Å². The molecular weight excluding hydrogens is 265 g/mol. The van der Waals surface area contributed by atoms with Crippen molar-refractivity contribution in [2.45, 2.75) is 6.42 Å². The average molecular weight is 279 g/mol. The van der Waals surface area contributed by atoms with E-state index in [1.165, 1.54) is 23.1 Å². The molecule has 0 aliphatic rings. The zero-order valence-corrected chi connectivity index (χ0v) is 11.3. The predicted molar refractivity (Wildman–Crippen MR) is 73.0 cm³/mol. The van der Waals surface area contributed by atoms with Gasteiger partial charge in [0.15, 0.2) is 0 Å². The maximum atomic E-state index is 13.6. The molecule has 100 valence electrons. The lowest BCUT2D eigenvalue weighted by Crippen LogP contribution is -2.29. The molecular formula is C14H14FNO2S. The molecule has 0 atom stereocenters. The quantitative estimate of drug-likeness (QED) is 0.935. The average Bonchev–Trinajstić information content (AvgIpc) is 2.88. The van der Waals surface area contributed by atoms with E-state index in [1.54, 1.807) is 18.4 Å². The van der Waals surface area contributed by atoms with Crippen LogP contribution in [0.1, 0.15) is 15.2 Å². The number of halogens is 1. The number of nitrogens with zero attached hydrogens (tertiary/aromatic N) is 1. The molecule has 2 rings (SSSR count).